The SMILES string of the molecule is Cc1ccc(C)c(OCCNC(=O)c2cc3c(ccc4ccccc43)o2)c1. The van der Waals surface area contributed by atoms with Gasteiger partial charge in [-0.25, -0.2) is 0 Å². The van der Waals surface area contributed by atoms with Crippen molar-refractivity contribution in [1.82, 2.24) is 5.32 Å². The van der Waals surface area contributed by atoms with Gasteiger partial charge in [-0.05, 0) is 53.9 Å². The fourth-order valence-corrected chi connectivity index (χ4v) is 3.18. The van der Waals surface area contributed by atoms with Crippen LogP contribution >= 0.6 is 0 Å². The standard InChI is InChI=1S/C23H21NO3/c1-15-7-8-16(2)21(13-15)26-12-11-24-23(25)22-14-19-18-6-4-3-5-17(18)9-10-20(19)27-22/h3-10,13-14H,11-12H2,1-2H3,(H,24,25). The lowest BCUT2D eigenvalue weighted by molar-refractivity contribution is 0.0921. The molecule has 27 heavy (non-hydrogen) atoms. The molecule has 0 fully saturated rings. The van der Waals surface area contributed by atoms with Gasteiger partial charge in [-0.3, -0.25) is 4.79 Å². The molecule has 0 aliphatic carbocycles. The molecule has 1 N–H and O–H groups in total. The second-order valence-corrected chi connectivity index (χ2v) is 6.68. The highest BCUT2D eigenvalue weighted by molar-refractivity contribution is 6.08. The largest absolute Gasteiger partial charge is 0.491 e. The van der Waals surface area contributed by atoms with Crippen molar-refractivity contribution in [2.75, 3.05) is 13.2 Å². The van der Waals surface area contributed by atoms with Crippen LogP contribution in [-0.4, -0.2) is 19.1 Å². The van der Waals surface area contributed by atoms with Crippen LogP contribution in [0, 0.1) is 13.8 Å². The molecule has 0 saturated carbocycles. The number of rotatable bonds is 5. The van der Waals surface area contributed by atoms with Gasteiger partial charge in [0, 0.05) is 5.39 Å². The van der Waals surface area contributed by atoms with Crippen LogP contribution in [0.2, 0.25) is 0 Å². The molecule has 4 rings (SSSR count). The molecule has 0 spiro atoms. The van der Waals surface area contributed by atoms with E-state index in [1.165, 1.54) is 0 Å². The van der Waals surface area contributed by atoms with Crippen molar-refractivity contribution in [3.63, 3.8) is 0 Å². The summed E-state index contributed by atoms with van der Waals surface area (Å²) in [6.07, 6.45) is 0. The zero-order valence-electron chi connectivity index (χ0n) is 15.4. The molecule has 4 nitrogen and oxygen atoms in total. The predicted molar refractivity (Wildman–Crippen MR) is 107 cm³/mol. The summed E-state index contributed by atoms with van der Waals surface area (Å²) in [7, 11) is 0. The molecule has 0 unspecified atom stereocenters. The first-order chi connectivity index (χ1) is 13.1. The zero-order chi connectivity index (χ0) is 18.8. The molecule has 1 aromatic heterocycles. The lowest BCUT2D eigenvalue weighted by Gasteiger charge is -2.10. The maximum Gasteiger partial charge on any atom is 0.287 e. The minimum atomic E-state index is -0.236. The lowest BCUT2D eigenvalue weighted by atomic mass is 10.1. The van der Waals surface area contributed by atoms with Crippen molar-refractivity contribution in [2.45, 2.75) is 13.8 Å². The molecule has 1 heterocycles. The first kappa shape index (κ1) is 17.2. The van der Waals surface area contributed by atoms with Gasteiger partial charge in [0.05, 0.1) is 6.54 Å². The first-order valence-electron chi connectivity index (χ1n) is 9.01. The van der Waals surface area contributed by atoms with Gasteiger partial charge in [-0.2, -0.15) is 0 Å². The van der Waals surface area contributed by atoms with Crippen molar-refractivity contribution < 1.29 is 13.9 Å². The molecule has 0 aliphatic heterocycles. The number of furan rings is 1. The number of aryl methyl sites for hydroxylation is 2. The Labute approximate surface area is 157 Å². The van der Waals surface area contributed by atoms with E-state index in [0.717, 1.165) is 33.0 Å². The highest BCUT2D eigenvalue weighted by Gasteiger charge is 2.13. The Morgan fingerprint density at radius 2 is 1.85 bits per heavy atom. The molecular weight excluding hydrogens is 338 g/mol. The van der Waals surface area contributed by atoms with Gasteiger partial charge in [0.1, 0.15) is 17.9 Å². The van der Waals surface area contributed by atoms with Gasteiger partial charge < -0.3 is 14.5 Å². The van der Waals surface area contributed by atoms with Crippen molar-refractivity contribution in [1.29, 1.82) is 0 Å². The van der Waals surface area contributed by atoms with Crippen LogP contribution in [0.4, 0.5) is 0 Å². The summed E-state index contributed by atoms with van der Waals surface area (Å²) >= 11 is 0. The summed E-state index contributed by atoms with van der Waals surface area (Å²) < 4.78 is 11.5. The van der Waals surface area contributed by atoms with E-state index in [0.29, 0.717) is 24.5 Å². The normalized spacial score (nSPS) is 11.0. The van der Waals surface area contributed by atoms with Crippen molar-refractivity contribution in [2.24, 2.45) is 0 Å². The van der Waals surface area contributed by atoms with Gasteiger partial charge in [0.15, 0.2) is 5.76 Å². The van der Waals surface area contributed by atoms with Gasteiger partial charge in [-0.1, -0.05) is 42.5 Å². The lowest BCUT2D eigenvalue weighted by Crippen LogP contribution is -2.27. The van der Waals surface area contributed by atoms with Gasteiger partial charge in [0.2, 0.25) is 0 Å². The topological polar surface area (TPSA) is 51.5 Å². The summed E-state index contributed by atoms with van der Waals surface area (Å²) in [5.74, 6) is 0.924. The highest BCUT2D eigenvalue weighted by atomic mass is 16.5. The zero-order valence-corrected chi connectivity index (χ0v) is 15.4. The Bertz CT molecular complexity index is 1130. The molecule has 0 aliphatic rings. The van der Waals surface area contributed by atoms with Crippen molar-refractivity contribution in [3.8, 4) is 5.75 Å². The third-order valence-corrected chi connectivity index (χ3v) is 4.64. The molecule has 0 radical (unpaired) electrons. The molecule has 0 bridgehead atoms. The van der Waals surface area contributed by atoms with Crippen molar-refractivity contribution >= 4 is 27.6 Å². The third kappa shape index (κ3) is 3.51. The Kier molecular flexibility index (Phi) is 4.55. The maximum atomic E-state index is 12.4. The van der Waals surface area contributed by atoms with Crippen LogP contribution < -0.4 is 10.1 Å². The van der Waals surface area contributed by atoms with E-state index in [1.807, 2.05) is 62.4 Å². The molecule has 4 aromatic rings. The monoisotopic (exact) mass is 359 g/mol. The van der Waals surface area contributed by atoms with Gasteiger partial charge in [0.25, 0.3) is 5.91 Å². The molecule has 4 heteroatoms. The summed E-state index contributed by atoms with van der Waals surface area (Å²) in [5.41, 5.74) is 2.94. The third-order valence-electron chi connectivity index (χ3n) is 4.64. The fourth-order valence-electron chi connectivity index (χ4n) is 3.18. The first-order valence-corrected chi connectivity index (χ1v) is 9.01. The van der Waals surface area contributed by atoms with Gasteiger partial charge >= 0.3 is 0 Å². The van der Waals surface area contributed by atoms with Crippen LogP contribution in [-0.2, 0) is 0 Å². The predicted octanol–water partition coefficient (Wildman–Crippen LogP) is 5.01. The molecule has 1 amide bonds. The van der Waals surface area contributed by atoms with Crippen LogP contribution in [0.25, 0.3) is 21.7 Å². The van der Waals surface area contributed by atoms with E-state index in [4.69, 9.17) is 9.15 Å². The molecular formula is C23H21NO3. The van der Waals surface area contributed by atoms with Crippen molar-refractivity contribution in [3.05, 3.63) is 77.6 Å². The molecule has 0 saturated heterocycles. The number of nitrogens with one attached hydrogen (secondary N) is 1. The fraction of sp³-hybridized carbons (Fsp3) is 0.174. The molecule has 0 atom stereocenters. The number of carbonyl (C=O) groups is 1. The Morgan fingerprint density at radius 3 is 2.74 bits per heavy atom. The minimum absolute atomic E-state index is 0.236. The van der Waals surface area contributed by atoms with E-state index in [9.17, 15) is 4.79 Å². The van der Waals surface area contributed by atoms with E-state index < -0.39 is 0 Å². The number of hydrogen-bond acceptors (Lipinski definition) is 3. The highest BCUT2D eigenvalue weighted by Crippen LogP contribution is 2.28. The number of ether oxygens (including phenoxy) is 1. The average Bonchev–Trinajstić information content (AvgIpc) is 3.12. The van der Waals surface area contributed by atoms with Crippen LogP contribution in [0.1, 0.15) is 21.7 Å². The van der Waals surface area contributed by atoms with Crippen LogP contribution in [0.15, 0.2) is 65.1 Å². The van der Waals surface area contributed by atoms with E-state index in [-0.39, 0.29) is 5.91 Å². The quantitative estimate of drug-likeness (QED) is 0.510. The Hall–Kier alpha value is -3.27. The number of fused-ring (bicyclic) bond motifs is 3. The maximum absolute atomic E-state index is 12.4. The number of carbonyl (C=O) groups excluding carboxylic acids is 1. The minimum Gasteiger partial charge on any atom is -0.491 e. The van der Waals surface area contributed by atoms with Crippen LogP contribution in [0.3, 0.4) is 0 Å². The molecule has 3 aromatic carbocycles. The smallest absolute Gasteiger partial charge is 0.287 e. The summed E-state index contributed by atoms with van der Waals surface area (Å²) in [5, 5.41) is 6.01. The van der Waals surface area contributed by atoms with Gasteiger partial charge in [-0.15, -0.1) is 0 Å². The number of hydrogen-bond donors (Lipinski definition) is 1. The summed E-state index contributed by atoms with van der Waals surface area (Å²) in [4.78, 5) is 12.4. The van der Waals surface area contributed by atoms with Crippen LogP contribution in [0.5, 0.6) is 5.75 Å². The molecule has 136 valence electrons. The second-order valence-electron chi connectivity index (χ2n) is 6.68. The summed E-state index contributed by atoms with van der Waals surface area (Å²) in [6, 6.07) is 19.9. The average molecular weight is 359 g/mol. The summed E-state index contributed by atoms with van der Waals surface area (Å²) in [6.45, 7) is 4.84. The Balaban J connectivity index is 1.42. The number of amides is 1. The second kappa shape index (κ2) is 7.16. The van der Waals surface area contributed by atoms with E-state index in [2.05, 4.69) is 11.4 Å². The van der Waals surface area contributed by atoms with E-state index >= 15 is 0 Å². The number of benzene rings is 3. The Morgan fingerprint density at radius 1 is 1.00 bits per heavy atom. The van der Waals surface area contributed by atoms with E-state index in [1.54, 1.807) is 6.07 Å².